The quantitative estimate of drug-likeness (QED) is 0.241. The Labute approximate surface area is 213 Å². The summed E-state index contributed by atoms with van der Waals surface area (Å²) in [4.78, 5) is 23.0. The lowest BCUT2D eigenvalue weighted by molar-refractivity contribution is 0.0680. The number of aliphatic hydroxyl groups is 1. The summed E-state index contributed by atoms with van der Waals surface area (Å²) in [5.41, 5.74) is 3.74. The average Bonchev–Trinajstić information content (AvgIpc) is 3.20. The molecular weight excluding hydrogens is 480 g/mol. The van der Waals surface area contributed by atoms with Crippen LogP contribution in [0.1, 0.15) is 50.6 Å². The van der Waals surface area contributed by atoms with Gasteiger partial charge in [0.05, 0.1) is 11.7 Å². The Morgan fingerprint density at radius 1 is 0.944 bits per heavy atom. The molecule has 0 aliphatic heterocycles. The normalized spacial score (nSPS) is 13.0. The molecule has 2 atom stereocenters. The minimum atomic E-state index is -1.03. The number of nitrogens with one attached hydrogen (secondary N) is 1. The summed E-state index contributed by atoms with van der Waals surface area (Å²) in [5, 5.41) is 34.0. The highest BCUT2D eigenvalue weighted by atomic mass is 35.5. The smallest absolute Gasteiger partial charge is 0.352 e. The summed E-state index contributed by atoms with van der Waals surface area (Å²) in [6.45, 7) is 2.72. The van der Waals surface area contributed by atoms with Crippen LogP contribution in [0.15, 0.2) is 72.8 Å². The van der Waals surface area contributed by atoms with Crippen LogP contribution in [-0.4, -0.2) is 44.4 Å². The van der Waals surface area contributed by atoms with Gasteiger partial charge in [0.1, 0.15) is 5.69 Å². The van der Waals surface area contributed by atoms with Crippen molar-refractivity contribution in [3.8, 4) is 0 Å². The summed E-state index contributed by atoms with van der Waals surface area (Å²) in [6, 6.07) is 21.2. The first-order valence-electron chi connectivity index (χ1n) is 11.6. The van der Waals surface area contributed by atoms with Crippen LogP contribution in [0, 0.1) is 0 Å². The zero-order valence-corrected chi connectivity index (χ0v) is 20.4. The van der Waals surface area contributed by atoms with E-state index in [1.54, 1.807) is 34.9 Å². The number of carbonyl (C=O) groups is 2. The van der Waals surface area contributed by atoms with Crippen LogP contribution in [-0.2, 0) is 13.0 Å². The van der Waals surface area contributed by atoms with E-state index >= 15 is 0 Å². The molecule has 4 rings (SSSR count). The second kappa shape index (κ2) is 11.0. The highest BCUT2D eigenvalue weighted by molar-refractivity contribution is 6.30. The molecular formula is C28H27ClN2O5. The van der Waals surface area contributed by atoms with E-state index in [4.69, 9.17) is 16.7 Å². The molecule has 0 spiro atoms. The molecule has 4 N–H and O–H groups in total. The number of carboxylic acid groups (broad SMARTS) is 2. The molecule has 0 radical (unpaired) electrons. The second-order valence-electron chi connectivity index (χ2n) is 8.90. The van der Waals surface area contributed by atoms with Crippen molar-refractivity contribution in [1.29, 1.82) is 0 Å². The molecule has 1 heterocycles. The van der Waals surface area contributed by atoms with Crippen LogP contribution in [0.5, 0.6) is 0 Å². The summed E-state index contributed by atoms with van der Waals surface area (Å²) >= 11 is 6.01. The Bertz CT molecular complexity index is 1400. The van der Waals surface area contributed by atoms with E-state index in [1.807, 2.05) is 37.3 Å². The number of aromatic carboxylic acids is 2. The van der Waals surface area contributed by atoms with Crippen molar-refractivity contribution >= 4 is 34.4 Å². The molecule has 0 bridgehead atoms. The van der Waals surface area contributed by atoms with E-state index in [0.717, 1.165) is 27.6 Å². The molecule has 7 nitrogen and oxygen atoms in total. The fourth-order valence-electron chi connectivity index (χ4n) is 4.30. The molecule has 1 aromatic heterocycles. The van der Waals surface area contributed by atoms with E-state index in [1.165, 1.54) is 12.1 Å². The summed E-state index contributed by atoms with van der Waals surface area (Å²) in [6.07, 6.45) is 0.0213. The fraction of sp³-hybridized carbons (Fsp3) is 0.214. The van der Waals surface area contributed by atoms with E-state index in [0.29, 0.717) is 24.5 Å². The minimum Gasteiger partial charge on any atom is -0.478 e. The molecule has 36 heavy (non-hydrogen) atoms. The van der Waals surface area contributed by atoms with Crippen LogP contribution in [0.25, 0.3) is 10.9 Å². The van der Waals surface area contributed by atoms with Gasteiger partial charge in [-0.2, -0.15) is 0 Å². The first-order chi connectivity index (χ1) is 17.2. The largest absolute Gasteiger partial charge is 0.478 e. The number of aromatic nitrogens is 1. The molecule has 0 unspecified atom stereocenters. The number of halogens is 1. The van der Waals surface area contributed by atoms with Gasteiger partial charge in [-0.3, -0.25) is 0 Å². The predicted molar refractivity (Wildman–Crippen MR) is 139 cm³/mol. The molecule has 8 heteroatoms. The maximum atomic E-state index is 11.9. The van der Waals surface area contributed by atoms with Gasteiger partial charge in [0.2, 0.25) is 0 Å². The first kappa shape index (κ1) is 25.4. The molecule has 0 saturated heterocycles. The van der Waals surface area contributed by atoms with Crippen molar-refractivity contribution in [3.63, 3.8) is 0 Å². The molecule has 186 valence electrons. The zero-order valence-electron chi connectivity index (χ0n) is 19.7. The van der Waals surface area contributed by atoms with Gasteiger partial charge in [-0.15, -0.1) is 0 Å². The summed E-state index contributed by atoms with van der Waals surface area (Å²) < 4.78 is 1.72. The monoisotopic (exact) mass is 506 g/mol. The first-order valence-corrected chi connectivity index (χ1v) is 11.9. The average molecular weight is 507 g/mol. The zero-order chi connectivity index (χ0) is 25.8. The molecule has 0 fully saturated rings. The van der Waals surface area contributed by atoms with Crippen LogP contribution < -0.4 is 5.32 Å². The number of benzene rings is 3. The van der Waals surface area contributed by atoms with Gasteiger partial charge in [-0.05, 0) is 72.5 Å². The number of rotatable bonds is 10. The van der Waals surface area contributed by atoms with E-state index in [-0.39, 0.29) is 17.3 Å². The number of aliphatic hydroxyl groups excluding tert-OH is 1. The Morgan fingerprint density at radius 3 is 2.33 bits per heavy atom. The molecule has 0 amide bonds. The van der Waals surface area contributed by atoms with Crippen LogP contribution >= 0.6 is 11.6 Å². The standard InChI is InChI=1S/C28H27ClN2O5/c1-17(30-15-26(32)21-3-2-4-23(29)13-21)11-19-7-10-24-22(12-19)14-25(28(35)36)31(24)16-18-5-8-20(9-6-18)27(33)34/h2-10,12-14,17,26,30,32H,11,15-16H2,1H3,(H,33,34)(H,35,36)/t17-,26-/m1/s1. The minimum absolute atomic E-state index is 0.0741. The van der Waals surface area contributed by atoms with E-state index in [9.17, 15) is 19.8 Å². The number of nitrogens with zero attached hydrogens (tertiary/aromatic N) is 1. The number of carboxylic acids is 2. The fourth-order valence-corrected chi connectivity index (χ4v) is 4.50. The van der Waals surface area contributed by atoms with E-state index < -0.39 is 18.0 Å². The maximum Gasteiger partial charge on any atom is 0.352 e. The van der Waals surface area contributed by atoms with Gasteiger partial charge in [-0.25, -0.2) is 9.59 Å². The van der Waals surface area contributed by atoms with Crippen molar-refractivity contribution in [2.24, 2.45) is 0 Å². The van der Waals surface area contributed by atoms with E-state index in [2.05, 4.69) is 5.32 Å². The van der Waals surface area contributed by atoms with Crippen LogP contribution in [0.2, 0.25) is 5.02 Å². The van der Waals surface area contributed by atoms with Gasteiger partial charge < -0.3 is 25.2 Å². The maximum absolute atomic E-state index is 11.9. The van der Waals surface area contributed by atoms with Gasteiger partial charge >= 0.3 is 11.9 Å². The number of hydrogen-bond acceptors (Lipinski definition) is 4. The number of fused-ring (bicyclic) bond motifs is 1. The SMILES string of the molecule is C[C@H](Cc1ccc2c(c1)cc(C(=O)O)n2Cc1ccc(C(=O)O)cc1)NC[C@@H](O)c1cccc(Cl)c1. The summed E-state index contributed by atoms with van der Waals surface area (Å²) in [5.74, 6) is -2.03. The Balaban J connectivity index is 1.48. The lowest BCUT2D eigenvalue weighted by atomic mass is 10.0. The van der Waals surface area contributed by atoms with Gasteiger partial charge in [0, 0.05) is 35.1 Å². The van der Waals surface area contributed by atoms with Gasteiger partial charge in [0.15, 0.2) is 0 Å². The highest BCUT2D eigenvalue weighted by Gasteiger charge is 2.17. The topological polar surface area (TPSA) is 112 Å². The van der Waals surface area contributed by atoms with Crippen molar-refractivity contribution in [1.82, 2.24) is 9.88 Å². The third-order valence-electron chi connectivity index (χ3n) is 6.16. The van der Waals surface area contributed by atoms with Crippen molar-refractivity contribution in [3.05, 3.63) is 106 Å². The third kappa shape index (κ3) is 5.94. The Kier molecular flexibility index (Phi) is 7.74. The van der Waals surface area contributed by atoms with Crippen LogP contribution in [0.3, 0.4) is 0 Å². The molecule has 4 aromatic rings. The van der Waals surface area contributed by atoms with Gasteiger partial charge in [0.25, 0.3) is 0 Å². The lowest BCUT2D eigenvalue weighted by Gasteiger charge is -2.18. The lowest BCUT2D eigenvalue weighted by Crippen LogP contribution is -2.32. The van der Waals surface area contributed by atoms with Crippen molar-refractivity contribution in [2.75, 3.05) is 6.54 Å². The highest BCUT2D eigenvalue weighted by Crippen LogP contribution is 2.24. The predicted octanol–water partition coefficient (Wildman–Crippen LogP) is 4.99. The molecule has 0 saturated carbocycles. The van der Waals surface area contributed by atoms with Crippen LogP contribution in [0.4, 0.5) is 0 Å². The molecule has 0 aliphatic rings. The summed E-state index contributed by atoms with van der Waals surface area (Å²) in [7, 11) is 0. The van der Waals surface area contributed by atoms with Crippen molar-refractivity contribution in [2.45, 2.75) is 32.0 Å². The van der Waals surface area contributed by atoms with Gasteiger partial charge in [-0.1, -0.05) is 41.9 Å². The molecule has 3 aromatic carbocycles. The van der Waals surface area contributed by atoms with Crippen molar-refractivity contribution < 1.29 is 24.9 Å². The second-order valence-corrected chi connectivity index (χ2v) is 9.34. The third-order valence-corrected chi connectivity index (χ3v) is 6.40. The Morgan fingerprint density at radius 2 is 1.67 bits per heavy atom. The molecule has 0 aliphatic carbocycles. The number of hydrogen-bond donors (Lipinski definition) is 4. The Hall–Kier alpha value is -3.65.